The van der Waals surface area contributed by atoms with Gasteiger partial charge in [0.2, 0.25) is 5.76 Å². The molecule has 2 aromatic rings. The molecule has 0 spiro atoms. The minimum Gasteiger partial charge on any atom is -0.454 e. The number of hydrogen-bond donors (Lipinski definition) is 1. The SMILES string of the molecule is Cc1ccc(C(=O)OCC(=O)Nc2ccc(F)cc2F)o1. The van der Waals surface area contributed by atoms with Crippen LogP contribution in [0.3, 0.4) is 0 Å². The Bertz CT molecular complexity index is 681. The molecule has 0 aliphatic carbocycles. The van der Waals surface area contributed by atoms with Gasteiger partial charge in [-0.2, -0.15) is 0 Å². The molecule has 1 heterocycles. The minimum atomic E-state index is -0.920. The average molecular weight is 295 g/mol. The molecular formula is C14H11F2NO4. The van der Waals surface area contributed by atoms with Crippen LogP contribution in [0.5, 0.6) is 0 Å². The maximum atomic E-state index is 13.3. The Balaban J connectivity index is 1.89. The number of halogens is 2. The van der Waals surface area contributed by atoms with Gasteiger partial charge in [-0.25, -0.2) is 13.6 Å². The predicted octanol–water partition coefficient (Wildman–Crippen LogP) is 2.66. The van der Waals surface area contributed by atoms with Gasteiger partial charge in [0.25, 0.3) is 5.91 Å². The summed E-state index contributed by atoms with van der Waals surface area (Å²) in [5, 5.41) is 2.16. The van der Waals surface area contributed by atoms with Crippen molar-refractivity contribution in [2.75, 3.05) is 11.9 Å². The Morgan fingerprint density at radius 1 is 1.24 bits per heavy atom. The van der Waals surface area contributed by atoms with Gasteiger partial charge in [-0.1, -0.05) is 0 Å². The largest absolute Gasteiger partial charge is 0.454 e. The number of hydrogen-bond acceptors (Lipinski definition) is 4. The molecule has 0 fully saturated rings. The molecule has 2 rings (SSSR count). The van der Waals surface area contributed by atoms with Crippen LogP contribution in [0.1, 0.15) is 16.3 Å². The number of amides is 1. The molecule has 0 aliphatic rings. The van der Waals surface area contributed by atoms with E-state index in [1.807, 2.05) is 0 Å². The normalized spacial score (nSPS) is 10.2. The highest BCUT2D eigenvalue weighted by Crippen LogP contribution is 2.14. The number of furan rings is 1. The van der Waals surface area contributed by atoms with Crippen molar-refractivity contribution >= 4 is 17.6 Å². The lowest BCUT2D eigenvalue weighted by atomic mass is 10.3. The first kappa shape index (κ1) is 14.7. The minimum absolute atomic E-state index is 0.0340. The number of carbonyl (C=O) groups excluding carboxylic acids is 2. The highest BCUT2D eigenvalue weighted by Gasteiger charge is 2.14. The summed E-state index contributed by atoms with van der Waals surface area (Å²) in [5.74, 6) is -2.75. The van der Waals surface area contributed by atoms with Crippen LogP contribution in [0.4, 0.5) is 14.5 Å². The summed E-state index contributed by atoms with van der Waals surface area (Å²) in [6.45, 7) is 1.04. The second kappa shape index (κ2) is 6.17. The molecule has 1 aromatic carbocycles. The first-order valence-electron chi connectivity index (χ1n) is 5.94. The molecule has 110 valence electrons. The second-order valence-corrected chi connectivity index (χ2v) is 4.16. The molecular weight excluding hydrogens is 284 g/mol. The van der Waals surface area contributed by atoms with E-state index in [2.05, 4.69) is 5.32 Å². The van der Waals surface area contributed by atoms with Crippen LogP contribution in [0.15, 0.2) is 34.7 Å². The standard InChI is InChI=1S/C14H11F2NO4/c1-8-2-5-12(21-8)14(19)20-7-13(18)17-11-4-3-9(15)6-10(11)16/h2-6H,7H2,1H3,(H,17,18). The van der Waals surface area contributed by atoms with Crippen molar-refractivity contribution < 1.29 is 27.5 Å². The van der Waals surface area contributed by atoms with E-state index in [0.717, 1.165) is 12.1 Å². The third-order valence-corrected chi connectivity index (χ3v) is 2.48. The van der Waals surface area contributed by atoms with Gasteiger partial charge in [0.15, 0.2) is 6.61 Å². The summed E-state index contributed by atoms with van der Waals surface area (Å²) in [6, 6.07) is 5.68. The summed E-state index contributed by atoms with van der Waals surface area (Å²) in [5.41, 5.74) is -0.203. The van der Waals surface area contributed by atoms with E-state index in [-0.39, 0.29) is 11.4 Å². The van der Waals surface area contributed by atoms with E-state index >= 15 is 0 Å². The van der Waals surface area contributed by atoms with Gasteiger partial charge in [0.05, 0.1) is 5.69 Å². The van der Waals surface area contributed by atoms with Crippen molar-refractivity contribution in [2.24, 2.45) is 0 Å². The molecule has 0 saturated carbocycles. The Labute approximate surface area is 118 Å². The molecule has 1 amide bonds. The van der Waals surface area contributed by atoms with Crippen molar-refractivity contribution in [3.8, 4) is 0 Å². The maximum Gasteiger partial charge on any atom is 0.374 e. The number of rotatable bonds is 4. The summed E-state index contributed by atoms with van der Waals surface area (Å²) in [6.07, 6.45) is 0. The van der Waals surface area contributed by atoms with Gasteiger partial charge in [0, 0.05) is 6.07 Å². The zero-order valence-corrected chi connectivity index (χ0v) is 11.0. The summed E-state index contributed by atoms with van der Waals surface area (Å²) in [7, 11) is 0. The highest BCUT2D eigenvalue weighted by molar-refractivity contribution is 5.94. The molecule has 7 heteroatoms. The van der Waals surface area contributed by atoms with Crippen molar-refractivity contribution in [3.63, 3.8) is 0 Å². The van der Waals surface area contributed by atoms with Gasteiger partial charge < -0.3 is 14.5 Å². The molecule has 0 unspecified atom stereocenters. The Morgan fingerprint density at radius 3 is 2.62 bits per heavy atom. The molecule has 0 saturated heterocycles. The number of benzene rings is 1. The Kier molecular flexibility index (Phi) is 4.32. The van der Waals surface area contributed by atoms with Crippen LogP contribution >= 0.6 is 0 Å². The van der Waals surface area contributed by atoms with Crippen LogP contribution < -0.4 is 5.32 Å². The first-order valence-corrected chi connectivity index (χ1v) is 5.94. The molecule has 0 atom stereocenters. The van der Waals surface area contributed by atoms with Crippen molar-refractivity contribution in [1.29, 1.82) is 0 Å². The van der Waals surface area contributed by atoms with E-state index in [4.69, 9.17) is 9.15 Å². The topological polar surface area (TPSA) is 68.5 Å². The second-order valence-electron chi connectivity index (χ2n) is 4.16. The number of esters is 1. The summed E-state index contributed by atoms with van der Waals surface area (Å²) < 4.78 is 35.7. The lowest BCUT2D eigenvalue weighted by Crippen LogP contribution is -2.21. The van der Waals surface area contributed by atoms with E-state index in [9.17, 15) is 18.4 Å². The van der Waals surface area contributed by atoms with Gasteiger partial charge in [-0.3, -0.25) is 4.79 Å². The number of ether oxygens (including phenoxy) is 1. The number of carbonyl (C=O) groups is 2. The van der Waals surface area contributed by atoms with Gasteiger partial charge in [-0.05, 0) is 31.2 Å². The van der Waals surface area contributed by atoms with Crippen LogP contribution in [0, 0.1) is 18.6 Å². The fourth-order valence-electron chi connectivity index (χ4n) is 1.52. The smallest absolute Gasteiger partial charge is 0.374 e. The molecule has 0 radical (unpaired) electrons. The maximum absolute atomic E-state index is 13.3. The molecule has 1 N–H and O–H groups in total. The molecule has 5 nitrogen and oxygen atoms in total. The monoisotopic (exact) mass is 295 g/mol. The zero-order chi connectivity index (χ0) is 15.4. The van der Waals surface area contributed by atoms with E-state index in [0.29, 0.717) is 11.8 Å². The predicted molar refractivity (Wildman–Crippen MR) is 68.7 cm³/mol. The third kappa shape index (κ3) is 3.88. The first-order chi connectivity index (χ1) is 9.95. The Morgan fingerprint density at radius 2 is 2.00 bits per heavy atom. The zero-order valence-electron chi connectivity index (χ0n) is 11.0. The van der Waals surface area contributed by atoms with Gasteiger partial charge >= 0.3 is 5.97 Å². The van der Waals surface area contributed by atoms with Crippen LogP contribution in [0.25, 0.3) is 0 Å². The van der Waals surface area contributed by atoms with Crippen molar-refractivity contribution in [2.45, 2.75) is 6.92 Å². The van der Waals surface area contributed by atoms with Crippen LogP contribution in [-0.4, -0.2) is 18.5 Å². The highest BCUT2D eigenvalue weighted by atomic mass is 19.1. The molecule has 21 heavy (non-hydrogen) atoms. The van der Waals surface area contributed by atoms with E-state index in [1.165, 1.54) is 6.07 Å². The number of nitrogens with one attached hydrogen (secondary N) is 1. The molecule has 0 aliphatic heterocycles. The summed E-state index contributed by atoms with van der Waals surface area (Å²) >= 11 is 0. The number of aryl methyl sites for hydroxylation is 1. The lowest BCUT2D eigenvalue weighted by molar-refractivity contribution is -0.119. The van der Waals surface area contributed by atoms with Crippen molar-refractivity contribution in [3.05, 3.63) is 53.5 Å². The lowest BCUT2D eigenvalue weighted by Gasteiger charge is -2.06. The summed E-state index contributed by atoms with van der Waals surface area (Å²) in [4.78, 5) is 23.0. The van der Waals surface area contributed by atoms with E-state index in [1.54, 1.807) is 13.0 Å². The van der Waals surface area contributed by atoms with Crippen LogP contribution in [0.2, 0.25) is 0 Å². The fraction of sp³-hybridized carbons (Fsp3) is 0.143. The number of anilines is 1. The average Bonchev–Trinajstić information content (AvgIpc) is 2.86. The third-order valence-electron chi connectivity index (χ3n) is 2.48. The van der Waals surface area contributed by atoms with Gasteiger partial charge in [0.1, 0.15) is 17.4 Å². The quantitative estimate of drug-likeness (QED) is 0.880. The molecule has 0 bridgehead atoms. The van der Waals surface area contributed by atoms with Crippen molar-refractivity contribution in [1.82, 2.24) is 0 Å². The Hall–Kier alpha value is -2.70. The molecule has 1 aromatic heterocycles. The van der Waals surface area contributed by atoms with Crippen LogP contribution in [-0.2, 0) is 9.53 Å². The fourth-order valence-corrected chi connectivity index (χ4v) is 1.52. The van der Waals surface area contributed by atoms with Gasteiger partial charge in [-0.15, -0.1) is 0 Å². The van der Waals surface area contributed by atoms with E-state index < -0.39 is 30.1 Å².